The number of fused-ring (bicyclic) bond motifs is 1. The fourth-order valence-electron chi connectivity index (χ4n) is 3.23. The van der Waals surface area contributed by atoms with E-state index in [9.17, 15) is 4.79 Å². The summed E-state index contributed by atoms with van der Waals surface area (Å²) in [6.45, 7) is 0.962. The Labute approximate surface area is 139 Å². The van der Waals surface area contributed by atoms with Crippen LogP contribution in [0.25, 0.3) is 10.9 Å². The molecule has 1 aliphatic heterocycles. The third-order valence-electron chi connectivity index (χ3n) is 4.38. The number of hydrogen-bond donors (Lipinski definition) is 1. The molecule has 0 saturated carbocycles. The van der Waals surface area contributed by atoms with Crippen LogP contribution in [0.2, 0.25) is 0 Å². The number of benzene rings is 1. The van der Waals surface area contributed by atoms with Crippen LogP contribution < -0.4 is 5.73 Å². The number of nitrogens with two attached hydrogens (primary N) is 1. The van der Waals surface area contributed by atoms with E-state index in [-0.39, 0.29) is 18.5 Å². The fraction of sp³-hybridized carbons (Fsp3) is 0.294. The predicted molar refractivity (Wildman–Crippen MR) is 89.9 cm³/mol. The zero-order valence-corrected chi connectivity index (χ0v) is 13.2. The van der Waals surface area contributed by atoms with Crippen molar-refractivity contribution in [2.24, 2.45) is 0 Å². The summed E-state index contributed by atoms with van der Waals surface area (Å²) in [7, 11) is 0. The van der Waals surface area contributed by atoms with Crippen molar-refractivity contribution in [1.82, 2.24) is 24.9 Å². The van der Waals surface area contributed by atoms with Crippen LogP contribution in [0.4, 0.5) is 5.82 Å². The molecule has 7 heteroatoms. The van der Waals surface area contributed by atoms with Crippen molar-refractivity contribution in [1.29, 1.82) is 0 Å². The van der Waals surface area contributed by atoms with E-state index in [0.717, 1.165) is 36.0 Å². The van der Waals surface area contributed by atoms with E-state index in [0.29, 0.717) is 5.82 Å². The van der Waals surface area contributed by atoms with E-state index in [1.807, 2.05) is 41.4 Å². The Morgan fingerprint density at radius 1 is 1.21 bits per heavy atom. The molecule has 0 bridgehead atoms. The van der Waals surface area contributed by atoms with Crippen LogP contribution in [0.3, 0.4) is 0 Å². The Balaban J connectivity index is 1.53. The standard InChI is InChI=1S/C17H18N6O/c18-16-8-7-14(19-20-16)15-6-3-9-23(15)17(24)11-22-10-12-4-1-2-5-13(12)21-22/h1-2,4-5,7-8,10,15H,3,6,9,11H2,(H2,18,20). The Bertz CT molecular complexity index is 839. The molecule has 0 spiro atoms. The van der Waals surface area contributed by atoms with E-state index >= 15 is 0 Å². The minimum absolute atomic E-state index is 0.0319. The molecular formula is C17H18N6O. The van der Waals surface area contributed by atoms with Crippen LogP contribution in [0.15, 0.2) is 42.6 Å². The average Bonchev–Trinajstić information content (AvgIpc) is 3.21. The number of nitrogens with zero attached hydrogens (tertiary/aromatic N) is 5. The topological polar surface area (TPSA) is 89.9 Å². The van der Waals surface area contributed by atoms with Gasteiger partial charge in [0.1, 0.15) is 12.4 Å². The van der Waals surface area contributed by atoms with E-state index in [1.165, 1.54) is 0 Å². The zero-order chi connectivity index (χ0) is 16.5. The lowest BCUT2D eigenvalue weighted by molar-refractivity contribution is -0.133. The highest BCUT2D eigenvalue weighted by molar-refractivity contribution is 5.80. The van der Waals surface area contributed by atoms with E-state index in [4.69, 9.17) is 5.73 Å². The predicted octanol–water partition coefficient (Wildman–Crippen LogP) is 1.77. The third kappa shape index (κ3) is 2.68. The highest BCUT2D eigenvalue weighted by Crippen LogP contribution is 2.30. The summed E-state index contributed by atoms with van der Waals surface area (Å²) >= 11 is 0. The van der Waals surface area contributed by atoms with Gasteiger partial charge in [-0.25, -0.2) is 0 Å². The summed E-state index contributed by atoms with van der Waals surface area (Å²) in [6.07, 6.45) is 3.76. The highest BCUT2D eigenvalue weighted by atomic mass is 16.2. The van der Waals surface area contributed by atoms with Crippen LogP contribution in [0.5, 0.6) is 0 Å². The molecule has 0 aliphatic carbocycles. The van der Waals surface area contributed by atoms with Crippen molar-refractivity contribution < 1.29 is 4.79 Å². The van der Waals surface area contributed by atoms with Crippen molar-refractivity contribution in [3.8, 4) is 0 Å². The van der Waals surface area contributed by atoms with Crippen LogP contribution >= 0.6 is 0 Å². The molecule has 3 heterocycles. The van der Waals surface area contributed by atoms with Crippen molar-refractivity contribution in [2.45, 2.75) is 25.4 Å². The van der Waals surface area contributed by atoms with Gasteiger partial charge in [0.05, 0.1) is 17.3 Å². The Kier molecular flexibility index (Phi) is 3.60. The number of likely N-dealkylation sites (tertiary alicyclic amines) is 1. The molecule has 1 aliphatic rings. The van der Waals surface area contributed by atoms with Gasteiger partial charge >= 0.3 is 0 Å². The molecule has 1 fully saturated rings. The van der Waals surface area contributed by atoms with Crippen LogP contribution in [0.1, 0.15) is 24.6 Å². The summed E-state index contributed by atoms with van der Waals surface area (Å²) in [5.74, 6) is 0.432. The molecule has 2 aromatic heterocycles. The molecule has 2 N–H and O–H groups in total. The van der Waals surface area contributed by atoms with Crippen molar-refractivity contribution in [2.75, 3.05) is 12.3 Å². The molecule has 3 aromatic rings. The van der Waals surface area contributed by atoms with Gasteiger partial charge in [-0.3, -0.25) is 9.48 Å². The number of nitrogen functional groups attached to an aromatic ring is 1. The van der Waals surface area contributed by atoms with Crippen LogP contribution in [-0.4, -0.2) is 37.3 Å². The minimum atomic E-state index is -0.0319. The van der Waals surface area contributed by atoms with Gasteiger partial charge in [-0.2, -0.15) is 10.2 Å². The highest BCUT2D eigenvalue weighted by Gasteiger charge is 2.31. The Hall–Kier alpha value is -2.96. The lowest BCUT2D eigenvalue weighted by atomic mass is 10.1. The molecule has 1 atom stereocenters. The van der Waals surface area contributed by atoms with Crippen molar-refractivity contribution in [3.63, 3.8) is 0 Å². The van der Waals surface area contributed by atoms with E-state index in [1.54, 1.807) is 10.7 Å². The smallest absolute Gasteiger partial charge is 0.244 e. The molecular weight excluding hydrogens is 304 g/mol. The maximum absolute atomic E-state index is 12.7. The first-order valence-corrected chi connectivity index (χ1v) is 8.01. The molecule has 4 rings (SSSR count). The number of carbonyl (C=O) groups is 1. The van der Waals surface area contributed by atoms with Gasteiger partial charge in [0.25, 0.3) is 0 Å². The summed E-state index contributed by atoms with van der Waals surface area (Å²) in [6, 6.07) is 11.4. The number of carbonyl (C=O) groups excluding carboxylic acids is 1. The van der Waals surface area contributed by atoms with Gasteiger partial charge in [-0.15, -0.1) is 5.10 Å². The summed E-state index contributed by atoms with van der Waals surface area (Å²) in [5, 5.41) is 13.5. The summed E-state index contributed by atoms with van der Waals surface area (Å²) in [4.78, 5) is 14.6. The molecule has 7 nitrogen and oxygen atoms in total. The summed E-state index contributed by atoms with van der Waals surface area (Å²) < 4.78 is 1.71. The second kappa shape index (κ2) is 5.92. The molecule has 0 radical (unpaired) electrons. The number of rotatable bonds is 3. The lowest BCUT2D eigenvalue weighted by Gasteiger charge is -2.24. The van der Waals surface area contributed by atoms with Gasteiger partial charge in [0, 0.05) is 18.1 Å². The first kappa shape index (κ1) is 14.6. The average molecular weight is 322 g/mol. The lowest BCUT2D eigenvalue weighted by Crippen LogP contribution is -2.34. The van der Waals surface area contributed by atoms with Gasteiger partial charge in [0.15, 0.2) is 0 Å². The number of amides is 1. The molecule has 1 unspecified atom stereocenters. The molecule has 24 heavy (non-hydrogen) atoms. The van der Waals surface area contributed by atoms with Gasteiger partial charge in [0.2, 0.25) is 5.91 Å². The number of hydrogen-bond acceptors (Lipinski definition) is 5. The van der Waals surface area contributed by atoms with E-state index < -0.39 is 0 Å². The largest absolute Gasteiger partial charge is 0.382 e. The second-order valence-corrected chi connectivity index (χ2v) is 6.01. The van der Waals surface area contributed by atoms with Gasteiger partial charge < -0.3 is 10.6 Å². The molecule has 122 valence electrons. The number of anilines is 1. The quantitative estimate of drug-likeness (QED) is 0.794. The SMILES string of the molecule is Nc1ccc(C2CCCN2C(=O)Cn2cc3ccccc3n2)nn1. The maximum atomic E-state index is 12.7. The monoisotopic (exact) mass is 322 g/mol. The van der Waals surface area contributed by atoms with Crippen molar-refractivity contribution >= 4 is 22.6 Å². The van der Waals surface area contributed by atoms with Crippen molar-refractivity contribution in [3.05, 3.63) is 48.3 Å². The first-order valence-electron chi connectivity index (χ1n) is 8.01. The normalized spacial score (nSPS) is 17.5. The molecule has 1 saturated heterocycles. The minimum Gasteiger partial charge on any atom is -0.382 e. The molecule has 1 aromatic carbocycles. The number of aromatic nitrogens is 4. The van der Waals surface area contributed by atoms with Crippen LogP contribution in [-0.2, 0) is 11.3 Å². The first-order chi connectivity index (χ1) is 11.7. The second-order valence-electron chi connectivity index (χ2n) is 6.01. The van der Waals surface area contributed by atoms with E-state index in [2.05, 4.69) is 15.3 Å². The Morgan fingerprint density at radius 3 is 2.88 bits per heavy atom. The Morgan fingerprint density at radius 2 is 2.08 bits per heavy atom. The summed E-state index contributed by atoms with van der Waals surface area (Å²) in [5.41, 5.74) is 7.28. The maximum Gasteiger partial charge on any atom is 0.244 e. The fourth-order valence-corrected chi connectivity index (χ4v) is 3.23. The zero-order valence-electron chi connectivity index (χ0n) is 13.2. The van der Waals surface area contributed by atoms with Crippen LogP contribution in [0, 0.1) is 0 Å². The molecule has 1 amide bonds. The third-order valence-corrected chi connectivity index (χ3v) is 4.38. The van der Waals surface area contributed by atoms with Gasteiger partial charge in [-0.1, -0.05) is 18.2 Å². The van der Waals surface area contributed by atoms with Gasteiger partial charge in [-0.05, 0) is 31.0 Å².